The van der Waals surface area contributed by atoms with Crippen molar-refractivity contribution in [3.8, 4) is 0 Å². The third-order valence-corrected chi connectivity index (χ3v) is 3.29. The number of hydrogen-bond donors (Lipinski definition) is 2. The van der Waals surface area contributed by atoms with Gasteiger partial charge in [-0.15, -0.1) is 0 Å². The largest absolute Gasteiger partial charge is 0.399 e. The lowest BCUT2D eigenvalue weighted by atomic mass is 10.1. The maximum absolute atomic E-state index is 5.80. The summed E-state index contributed by atoms with van der Waals surface area (Å²) in [6.45, 7) is 4.20. The molecule has 3 nitrogen and oxygen atoms in total. The lowest BCUT2D eigenvalue weighted by Crippen LogP contribution is -1.92. The Labute approximate surface area is 112 Å². The molecule has 0 aliphatic heterocycles. The third kappa shape index (κ3) is 2.32. The van der Waals surface area contributed by atoms with Crippen LogP contribution in [0.2, 0.25) is 0 Å². The zero-order valence-electron chi connectivity index (χ0n) is 11.2. The van der Waals surface area contributed by atoms with Gasteiger partial charge in [0, 0.05) is 12.1 Å². The monoisotopic (exact) mass is 251 g/mol. The van der Waals surface area contributed by atoms with E-state index in [0.29, 0.717) is 0 Å². The van der Waals surface area contributed by atoms with Gasteiger partial charge in [-0.05, 0) is 48.7 Å². The molecule has 0 bridgehead atoms. The summed E-state index contributed by atoms with van der Waals surface area (Å²) < 4.78 is 0. The maximum Gasteiger partial charge on any atom is 0.111 e. The van der Waals surface area contributed by atoms with Crippen LogP contribution in [0.15, 0.2) is 36.4 Å². The van der Waals surface area contributed by atoms with E-state index in [-0.39, 0.29) is 0 Å². The molecule has 3 N–H and O–H groups in total. The molecule has 0 fully saturated rings. The van der Waals surface area contributed by atoms with Gasteiger partial charge in [0.2, 0.25) is 0 Å². The molecule has 1 aromatic heterocycles. The lowest BCUT2D eigenvalue weighted by molar-refractivity contribution is 1.04. The first-order valence-corrected chi connectivity index (χ1v) is 6.42. The third-order valence-electron chi connectivity index (χ3n) is 3.29. The molecule has 0 atom stereocenters. The number of benzene rings is 2. The molecule has 0 amide bonds. The number of aromatic amines is 1. The smallest absolute Gasteiger partial charge is 0.111 e. The fraction of sp³-hybridized carbons (Fsp3) is 0.188. The molecule has 3 heteroatoms. The van der Waals surface area contributed by atoms with E-state index in [1.54, 1.807) is 0 Å². The molecule has 1 heterocycles. The van der Waals surface area contributed by atoms with Crippen LogP contribution >= 0.6 is 0 Å². The minimum absolute atomic E-state index is 0.776. The average molecular weight is 251 g/mol. The molecule has 0 radical (unpaired) electrons. The van der Waals surface area contributed by atoms with Gasteiger partial charge >= 0.3 is 0 Å². The summed E-state index contributed by atoms with van der Waals surface area (Å²) in [5, 5.41) is 0. The molecule has 2 aromatic carbocycles. The number of anilines is 1. The van der Waals surface area contributed by atoms with Gasteiger partial charge in [0.15, 0.2) is 0 Å². The van der Waals surface area contributed by atoms with Crippen LogP contribution in [0.25, 0.3) is 11.0 Å². The van der Waals surface area contributed by atoms with Gasteiger partial charge in [0.25, 0.3) is 0 Å². The Morgan fingerprint density at radius 3 is 2.79 bits per heavy atom. The molecule has 0 aliphatic rings. The zero-order chi connectivity index (χ0) is 13.4. The van der Waals surface area contributed by atoms with Crippen molar-refractivity contribution in [3.63, 3.8) is 0 Å². The quantitative estimate of drug-likeness (QED) is 0.686. The van der Waals surface area contributed by atoms with Gasteiger partial charge in [-0.2, -0.15) is 0 Å². The molecule has 0 unspecified atom stereocenters. The Morgan fingerprint density at radius 1 is 1.16 bits per heavy atom. The van der Waals surface area contributed by atoms with Crippen molar-refractivity contribution in [1.82, 2.24) is 9.97 Å². The molecule has 3 aromatic rings. The molecule has 3 rings (SSSR count). The molecule has 19 heavy (non-hydrogen) atoms. The fourth-order valence-corrected chi connectivity index (χ4v) is 2.50. The summed E-state index contributed by atoms with van der Waals surface area (Å²) >= 11 is 0. The van der Waals surface area contributed by atoms with Gasteiger partial charge in [-0.25, -0.2) is 4.98 Å². The molecule has 0 spiro atoms. The molecular formula is C16H17N3. The number of rotatable bonds is 2. The summed E-state index contributed by atoms with van der Waals surface area (Å²) in [7, 11) is 0. The van der Waals surface area contributed by atoms with Crippen LogP contribution in [-0.2, 0) is 6.42 Å². The highest BCUT2D eigenvalue weighted by molar-refractivity contribution is 5.79. The number of nitrogen functional groups attached to an aromatic ring is 1. The zero-order valence-corrected chi connectivity index (χ0v) is 11.2. The summed E-state index contributed by atoms with van der Waals surface area (Å²) in [4.78, 5) is 8.08. The highest BCUT2D eigenvalue weighted by atomic mass is 14.9. The average Bonchev–Trinajstić information content (AvgIpc) is 2.71. The molecule has 96 valence electrons. The molecule has 0 aliphatic carbocycles. The van der Waals surface area contributed by atoms with Gasteiger partial charge in [0.1, 0.15) is 5.82 Å². The van der Waals surface area contributed by atoms with Crippen molar-refractivity contribution >= 4 is 16.7 Å². The number of aryl methyl sites for hydroxylation is 2. The van der Waals surface area contributed by atoms with Crippen molar-refractivity contribution in [3.05, 3.63) is 58.9 Å². The maximum atomic E-state index is 5.80. The van der Waals surface area contributed by atoms with Crippen molar-refractivity contribution < 1.29 is 0 Å². The van der Waals surface area contributed by atoms with Crippen LogP contribution in [0.4, 0.5) is 5.69 Å². The van der Waals surface area contributed by atoms with E-state index in [1.807, 2.05) is 18.2 Å². The number of nitrogens with two attached hydrogens (primary N) is 1. The summed E-state index contributed by atoms with van der Waals surface area (Å²) in [6.07, 6.45) is 0.776. The first-order chi connectivity index (χ1) is 9.11. The van der Waals surface area contributed by atoms with Crippen LogP contribution in [0.1, 0.15) is 22.5 Å². The number of nitrogens with one attached hydrogen (secondary N) is 1. The summed E-state index contributed by atoms with van der Waals surface area (Å²) in [5.41, 5.74) is 12.4. The number of fused-ring (bicyclic) bond motifs is 1. The van der Waals surface area contributed by atoms with E-state index in [1.165, 1.54) is 16.7 Å². The number of nitrogens with zero attached hydrogens (tertiary/aromatic N) is 1. The fourth-order valence-electron chi connectivity index (χ4n) is 2.50. The van der Waals surface area contributed by atoms with E-state index in [9.17, 15) is 0 Å². The number of aromatic nitrogens is 2. The minimum atomic E-state index is 0.776. The Morgan fingerprint density at radius 2 is 2.00 bits per heavy atom. The number of imidazole rings is 1. The van der Waals surface area contributed by atoms with Crippen molar-refractivity contribution in [2.75, 3.05) is 5.73 Å². The normalized spacial score (nSPS) is 11.1. The molecular weight excluding hydrogens is 234 g/mol. The Balaban J connectivity index is 2.00. The van der Waals surface area contributed by atoms with Crippen LogP contribution < -0.4 is 5.73 Å². The van der Waals surface area contributed by atoms with Crippen molar-refractivity contribution in [2.45, 2.75) is 20.3 Å². The van der Waals surface area contributed by atoms with Gasteiger partial charge in [-0.1, -0.05) is 18.2 Å². The van der Waals surface area contributed by atoms with E-state index in [4.69, 9.17) is 5.73 Å². The van der Waals surface area contributed by atoms with Crippen LogP contribution in [-0.4, -0.2) is 9.97 Å². The number of hydrogen-bond acceptors (Lipinski definition) is 2. The second-order valence-electron chi connectivity index (χ2n) is 5.08. The van der Waals surface area contributed by atoms with E-state index < -0.39 is 0 Å². The topological polar surface area (TPSA) is 54.7 Å². The molecule has 0 saturated carbocycles. The van der Waals surface area contributed by atoms with Crippen LogP contribution in [0.5, 0.6) is 0 Å². The van der Waals surface area contributed by atoms with E-state index in [0.717, 1.165) is 29.0 Å². The lowest BCUT2D eigenvalue weighted by Gasteiger charge is -1.99. The second-order valence-corrected chi connectivity index (χ2v) is 5.08. The van der Waals surface area contributed by atoms with E-state index in [2.05, 4.69) is 42.0 Å². The summed E-state index contributed by atoms with van der Waals surface area (Å²) in [6, 6.07) is 12.2. The Kier molecular flexibility index (Phi) is 2.75. The molecule has 0 saturated heterocycles. The van der Waals surface area contributed by atoms with Crippen LogP contribution in [0.3, 0.4) is 0 Å². The van der Waals surface area contributed by atoms with Crippen LogP contribution in [0, 0.1) is 13.8 Å². The second kappa shape index (κ2) is 4.43. The SMILES string of the molecule is Cc1cc(C)c2nc(Cc3cccc(N)c3)[nH]c2c1. The predicted molar refractivity (Wildman–Crippen MR) is 79.2 cm³/mol. The van der Waals surface area contributed by atoms with Gasteiger partial charge in [-0.3, -0.25) is 0 Å². The van der Waals surface area contributed by atoms with Crippen molar-refractivity contribution in [1.29, 1.82) is 0 Å². The summed E-state index contributed by atoms with van der Waals surface area (Å²) in [5.74, 6) is 0.981. The van der Waals surface area contributed by atoms with E-state index >= 15 is 0 Å². The highest BCUT2D eigenvalue weighted by Crippen LogP contribution is 2.20. The van der Waals surface area contributed by atoms with Crippen molar-refractivity contribution in [2.24, 2.45) is 0 Å². The number of H-pyrrole nitrogens is 1. The minimum Gasteiger partial charge on any atom is -0.399 e. The standard InChI is InChI=1S/C16H17N3/c1-10-6-11(2)16-14(7-10)18-15(19-16)9-12-4-3-5-13(17)8-12/h3-8H,9,17H2,1-2H3,(H,18,19). The van der Waals surface area contributed by atoms with Gasteiger partial charge in [0.05, 0.1) is 11.0 Å². The predicted octanol–water partition coefficient (Wildman–Crippen LogP) is 3.35. The first-order valence-electron chi connectivity index (χ1n) is 6.42. The van der Waals surface area contributed by atoms with Gasteiger partial charge < -0.3 is 10.7 Å². The highest BCUT2D eigenvalue weighted by Gasteiger charge is 2.07. The Hall–Kier alpha value is -2.29. The Bertz CT molecular complexity index is 741. The first kappa shape index (κ1) is 11.8.